The van der Waals surface area contributed by atoms with Crippen LogP contribution in [-0.2, 0) is 21.2 Å². The average Bonchev–Trinajstić information content (AvgIpc) is 2.71. The minimum Gasteiger partial charge on any atom is -0.481 e. The predicted octanol–water partition coefficient (Wildman–Crippen LogP) is 1.27. The molecule has 2 heterocycles. The second-order valence-electron chi connectivity index (χ2n) is 5.23. The molecule has 0 aromatic carbocycles. The highest BCUT2D eigenvalue weighted by atomic mass is 32.2. The summed E-state index contributed by atoms with van der Waals surface area (Å²) in [6, 6.07) is 3.24. The highest BCUT2D eigenvalue weighted by Gasteiger charge is 2.14. The Hall–Kier alpha value is -2.42. The molecule has 124 valence electrons. The molecule has 2 rings (SSSR count). The van der Waals surface area contributed by atoms with Crippen LogP contribution in [-0.4, -0.2) is 40.5 Å². The number of carboxylic acid groups (broad SMARTS) is 1. The third kappa shape index (κ3) is 4.28. The lowest BCUT2D eigenvalue weighted by atomic mass is 10.1. The molecule has 0 fully saturated rings. The van der Waals surface area contributed by atoms with Gasteiger partial charge < -0.3 is 5.11 Å². The summed E-state index contributed by atoms with van der Waals surface area (Å²) in [5.41, 5.74) is 3.17. The predicted molar refractivity (Wildman–Crippen MR) is 85.3 cm³/mol. The van der Waals surface area contributed by atoms with Crippen molar-refractivity contribution in [3.05, 3.63) is 35.3 Å². The highest BCUT2D eigenvalue weighted by Crippen LogP contribution is 2.19. The van der Waals surface area contributed by atoms with Gasteiger partial charge in [-0.25, -0.2) is 18.1 Å². The molecule has 2 aromatic rings. The van der Waals surface area contributed by atoms with Gasteiger partial charge in [0, 0.05) is 12.1 Å². The van der Waals surface area contributed by atoms with Crippen molar-refractivity contribution in [2.45, 2.75) is 26.7 Å². The van der Waals surface area contributed by atoms with E-state index < -0.39 is 16.0 Å². The number of nitrogens with zero attached hydrogens (tertiary/aromatic N) is 3. The standard InChI is InChI=1S/C14H18N4O4S/c1-9-12(5-7-14(19)20)10(2)18(16-9)11-4-6-13(15-8-11)17-23(3,21)22/h4,6,8H,5,7H2,1-3H3,(H,15,17)(H,19,20). The van der Waals surface area contributed by atoms with Gasteiger partial charge in [-0.3, -0.25) is 9.52 Å². The molecule has 2 N–H and O–H groups in total. The van der Waals surface area contributed by atoms with E-state index in [0.29, 0.717) is 12.1 Å². The number of aromatic nitrogens is 3. The van der Waals surface area contributed by atoms with Crippen LogP contribution in [0.4, 0.5) is 5.82 Å². The van der Waals surface area contributed by atoms with Crippen LogP contribution in [0.2, 0.25) is 0 Å². The van der Waals surface area contributed by atoms with Gasteiger partial charge in [-0.1, -0.05) is 0 Å². The van der Waals surface area contributed by atoms with Crippen LogP contribution in [0.3, 0.4) is 0 Å². The fourth-order valence-corrected chi connectivity index (χ4v) is 2.78. The number of sulfonamides is 1. The van der Waals surface area contributed by atoms with E-state index in [1.165, 1.54) is 6.20 Å². The van der Waals surface area contributed by atoms with Gasteiger partial charge in [0.15, 0.2) is 0 Å². The third-order valence-corrected chi connectivity index (χ3v) is 3.89. The Labute approximate surface area is 134 Å². The molecule has 0 unspecified atom stereocenters. The second kappa shape index (κ2) is 6.37. The van der Waals surface area contributed by atoms with Crippen LogP contribution in [0.25, 0.3) is 5.69 Å². The van der Waals surface area contributed by atoms with E-state index in [-0.39, 0.29) is 12.2 Å². The Balaban J connectivity index is 2.28. The lowest BCUT2D eigenvalue weighted by Crippen LogP contribution is -2.11. The van der Waals surface area contributed by atoms with Crippen LogP contribution >= 0.6 is 0 Å². The smallest absolute Gasteiger partial charge is 0.303 e. The molecule has 23 heavy (non-hydrogen) atoms. The summed E-state index contributed by atoms with van der Waals surface area (Å²) in [5.74, 6) is -0.627. The van der Waals surface area contributed by atoms with Crippen molar-refractivity contribution in [3.63, 3.8) is 0 Å². The van der Waals surface area contributed by atoms with Crippen molar-refractivity contribution in [2.24, 2.45) is 0 Å². The minimum atomic E-state index is -3.37. The van der Waals surface area contributed by atoms with Gasteiger partial charge >= 0.3 is 5.97 Å². The molecule has 0 spiro atoms. The van der Waals surface area contributed by atoms with E-state index in [0.717, 1.165) is 23.2 Å². The van der Waals surface area contributed by atoms with E-state index in [2.05, 4.69) is 14.8 Å². The summed E-state index contributed by atoms with van der Waals surface area (Å²) < 4.78 is 26.3. The quantitative estimate of drug-likeness (QED) is 0.820. The molecule has 0 bridgehead atoms. The van der Waals surface area contributed by atoms with Gasteiger partial charge in [0.05, 0.1) is 23.8 Å². The SMILES string of the molecule is Cc1nn(-c2ccc(NS(C)(=O)=O)nc2)c(C)c1CCC(=O)O. The van der Waals surface area contributed by atoms with Crippen LogP contribution in [0.5, 0.6) is 0 Å². The molecular formula is C14H18N4O4S. The zero-order valence-electron chi connectivity index (χ0n) is 13.1. The maximum atomic E-state index is 11.2. The summed E-state index contributed by atoms with van der Waals surface area (Å²) in [5, 5.41) is 13.2. The molecule has 0 radical (unpaired) electrons. The fourth-order valence-electron chi connectivity index (χ4n) is 2.28. The summed E-state index contributed by atoms with van der Waals surface area (Å²) in [6.45, 7) is 3.69. The van der Waals surface area contributed by atoms with Gasteiger partial charge in [-0.15, -0.1) is 0 Å². The number of rotatable bonds is 6. The van der Waals surface area contributed by atoms with Crippen LogP contribution in [0, 0.1) is 13.8 Å². The van der Waals surface area contributed by atoms with Crippen molar-refractivity contribution >= 4 is 21.8 Å². The molecule has 0 atom stereocenters. The van der Waals surface area contributed by atoms with Gasteiger partial charge in [0.25, 0.3) is 0 Å². The van der Waals surface area contributed by atoms with Crippen LogP contribution < -0.4 is 4.72 Å². The first-order chi connectivity index (χ1) is 10.7. The molecule has 0 aliphatic rings. The van der Waals surface area contributed by atoms with Gasteiger partial charge in [0.2, 0.25) is 10.0 Å². The van der Waals surface area contributed by atoms with E-state index in [9.17, 15) is 13.2 Å². The molecular weight excluding hydrogens is 320 g/mol. The van der Waals surface area contributed by atoms with E-state index in [4.69, 9.17) is 5.11 Å². The topological polar surface area (TPSA) is 114 Å². The van der Waals surface area contributed by atoms with Crippen molar-refractivity contribution in [1.82, 2.24) is 14.8 Å². The van der Waals surface area contributed by atoms with Gasteiger partial charge in [-0.2, -0.15) is 5.10 Å². The molecule has 0 saturated heterocycles. The Morgan fingerprint density at radius 2 is 2.04 bits per heavy atom. The summed E-state index contributed by atoms with van der Waals surface area (Å²) in [6.07, 6.45) is 3.02. The highest BCUT2D eigenvalue weighted by molar-refractivity contribution is 7.92. The number of aliphatic carboxylic acids is 1. The molecule has 9 heteroatoms. The zero-order valence-corrected chi connectivity index (χ0v) is 13.9. The number of nitrogens with one attached hydrogen (secondary N) is 1. The first-order valence-electron chi connectivity index (χ1n) is 6.88. The van der Waals surface area contributed by atoms with Crippen molar-refractivity contribution in [1.29, 1.82) is 0 Å². The van der Waals surface area contributed by atoms with Gasteiger partial charge in [-0.05, 0) is 38.0 Å². The Morgan fingerprint density at radius 1 is 1.35 bits per heavy atom. The molecule has 0 aliphatic carbocycles. The summed E-state index contributed by atoms with van der Waals surface area (Å²) in [4.78, 5) is 14.8. The Bertz CT molecular complexity index is 825. The van der Waals surface area contributed by atoms with Crippen LogP contribution in [0.15, 0.2) is 18.3 Å². The number of carboxylic acids is 1. The molecule has 2 aromatic heterocycles. The maximum Gasteiger partial charge on any atom is 0.303 e. The first-order valence-corrected chi connectivity index (χ1v) is 8.77. The van der Waals surface area contributed by atoms with Gasteiger partial charge in [0.1, 0.15) is 5.82 Å². The van der Waals surface area contributed by atoms with Crippen molar-refractivity contribution in [2.75, 3.05) is 11.0 Å². The van der Waals surface area contributed by atoms with E-state index in [1.54, 1.807) is 16.8 Å². The monoisotopic (exact) mass is 338 g/mol. The molecule has 0 saturated carbocycles. The number of hydrogen-bond acceptors (Lipinski definition) is 5. The molecule has 8 nitrogen and oxygen atoms in total. The minimum absolute atomic E-state index is 0.0445. The third-order valence-electron chi connectivity index (χ3n) is 3.31. The summed E-state index contributed by atoms with van der Waals surface area (Å²) >= 11 is 0. The average molecular weight is 338 g/mol. The summed E-state index contributed by atoms with van der Waals surface area (Å²) in [7, 11) is -3.37. The maximum absolute atomic E-state index is 11.2. The number of hydrogen-bond donors (Lipinski definition) is 2. The first kappa shape index (κ1) is 16.9. The second-order valence-corrected chi connectivity index (χ2v) is 6.98. The largest absolute Gasteiger partial charge is 0.481 e. The number of aryl methyl sites for hydroxylation is 1. The lowest BCUT2D eigenvalue weighted by Gasteiger charge is -2.07. The number of anilines is 1. The molecule has 0 amide bonds. The fraction of sp³-hybridized carbons (Fsp3) is 0.357. The zero-order chi connectivity index (χ0) is 17.2. The lowest BCUT2D eigenvalue weighted by molar-refractivity contribution is -0.136. The van der Waals surface area contributed by atoms with E-state index >= 15 is 0 Å². The van der Waals surface area contributed by atoms with Crippen molar-refractivity contribution < 1.29 is 18.3 Å². The number of pyridine rings is 1. The Morgan fingerprint density at radius 3 is 2.57 bits per heavy atom. The number of carbonyl (C=O) groups is 1. The normalized spacial score (nSPS) is 11.4. The van der Waals surface area contributed by atoms with Crippen molar-refractivity contribution in [3.8, 4) is 5.69 Å². The van der Waals surface area contributed by atoms with Crippen LogP contribution in [0.1, 0.15) is 23.4 Å². The Kier molecular flexibility index (Phi) is 4.69. The molecule has 0 aliphatic heterocycles. The van der Waals surface area contributed by atoms with E-state index in [1.807, 2.05) is 13.8 Å².